The topological polar surface area (TPSA) is 18.5 Å². The van der Waals surface area contributed by atoms with Crippen LogP contribution < -0.4 is 9.47 Å². The SMILES string of the molecule is CCCCCCCOc1ccc(-c2ccc3c(F)c(CCc4ccc(OC(F)(F)F)c(F)c4)ccc3c2)cc1. The third-order valence-corrected chi connectivity index (χ3v) is 6.64. The summed E-state index contributed by atoms with van der Waals surface area (Å²) in [7, 11) is 0. The lowest BCUT2D eigenvalue weighted by atomic mass is 9.97. The van der Waals surface area contributed by atoms with Gasteiger partial charge in [-0.25, -0.2) is 8.78 Å². The fourth-order valence-electron chi connectivity index (χ4n) is 4.54. The number of fused-ring (bicyclic) bond motifs is 1. The number of hydrogen-bond donors (Lipinski definition) is 0. The van der Waals surface area contributed by atoms with Crippen molar-refractivity contribution in [2.24, 2.45) is 0 Å². The van der Waals surface area contributed by atoms with Gasteiger partial charge < -0.3 is 9.47 Å². The van der Waals surface area contributed by atoms with Crippen LogP contribution in [0.3, 0.4) is 0 Å². The van der Waals surface area contributed by atoms with Crippen LogP contribution in [0.5, 0.6) is 11.5 Å². The zero-order valence-electron chi connectivity index (χ0n) is 21.8. The van der Waals surface area contributed by atoms with Gasteiger partial charge in [-0.3, -0.25) is 0 Å². The van der Waals surface area contributed by atoms with E-state index in [2.05, 4.69) is 11.7 Å². The number of ether oxygens (including phenoxy) is 2. The highest BCUT2D eigenvalue weighted by Crippen LogP contribution is 2.30. The van der Waals surface area contributed by atoms with Crippen LogP contribution in [0.15, 0.2) is 72.8 Å². The molecule has 2 nitrogen and oxygen atoms in total. The largest absolute Gasteiger partial charge is 0.573 e. The number of alkyl halides is 3. The first-order valence-electron chi connectivity index (χ1n) is 13.2. The first kappa shape index (κ1) is 28.4. The van der Waals surface area contributed by atoms with E-state index in [0.717, 1.165) is 40.8 Å². The Morgan fingerprint density at radius 1 is 0.718 bits per heavy atom. The Bertz CT molecular complexity index is 1380. The van der Waals surface area contributed by atoms with Gasteiger partial charge in [0.2, 0.25) is 0 Å². The molecule has 7 heteroatoms. The molecule has 4 aromatic rings. The van der Waals surface area contributed by atoms with Gasteiger partial charge in [-0.05, 0) is 77.2 Å². The summed E-state index contributed by atoms with van der Waals surface area (Å²) in [4.78, 5) is 0. The van der Waals surface area contributed by atoms with Crippen LogP contribution in [0.1, 0.15) is 50.2 Å². The minimum Gasteiger partial charge on any atom is -0.494 e. The Labute approximate surface area is 225 Å². The lowest BCUT2D eigenvalue weighted by Crippen LogP contribution is -2.18. The Kier molecular flexibility index (Phi) is 9.44. The second kappa shape index (κ2) is 13.0. The summed E-state index contributed by atoms with van der Waals surface area (Å²) in [5.74, 6) is -1.54. The molecule has 4 aromatic carbocycles. The summed E-state index contributed by atoms with van der Waals surface area (Å²) in [6.07, 6.45) is 1.49. The average Bonchev–Trinajstić information content (AvgIpc) is 2.91. The van der Waals surface area contributed by atoms with Gasteiger partial charge in [0.05, 0.1) is 6.61 Å². The quantitative estimate of drug-likeness (QED) is 0.131. The van der Waals surface area contributed by atoms with Crippen molar-refractivity contribution in [1.29, 1.82) is 0 Å². The van der Waals surface area contributed by atoms with E-state index in [1.165, 1.54) is 31.7 Å². The van der Waals surface area contributed by atoms with Gasteiger partial charge in [0.1, 0.15) is 11.6 Å². The summed E-state index contributed by atoms with van der Waals surface area (Å²) in [6.45, 7) is 2.90. The van der Waals surface area contributed by atoms with Crippen molar-refractivity contribution in [1.82, 2.24) is 0 Å². The molecule has 0 aromatic heterocycles. The fourth-order valence-corrected chi connectivity index (χ4v) is 4.54. The number of hydrogen-bond acceptors (Lipinski definition) is 2. The van der Waals surface area contributed by atoms with Crippen molar-refractivity contribution in [3.8, 4) is 22.6 Å². The number of unbranched alkanes of at least 4 members (excludes halogenated alkanes) is 4. The van der Waals surface area contributed by atoms with Crippen LogP contribution in [0.4, 0.5) is 22.0 Å². The second-order valence-electron chi connectivity index (χ2n) is 9.57. The molecule has 0 radical (unpaired) electrons. The van der Waals surface area contributed by atoms with Crippen molar-refractivity contribution in [2.75, 3.05) is 6.61 Å². The van der Waals surface area contributed by atoms with Crippen LogP contribution in [-0.2, 0) is 12.8 Å². The van der Waals surface area contributed by atoms with E-state index >= 15 is 4.39 Å². The van der Waals surface area contributed by atoms with Crippen LogP contribution in [0.25, 0.3) is 21.9 Å². The van der Waals surface area contributed by atoms with E-state index in [9.17, 15) is 17.6 Å². The van der Waals surface area contributed by atoms with Gasteiger partial charge in [0, 0.05) is 5.39 Å². The smallest absolute Gasteiger partial charge is 0.494 e. The highest BCUT2D eigenvalue weighted by Gasteiger charge is 2.32. The molecule has 0 saturated carbocycles. The molecule has 0 unspecified atom stereocenters. The molecular weight excluding hydrogens is 511 g/mol. The number of rotatable bonds is 12. The standard InChI is InChI=1S/C32H31F5O2/c1-2-3-4-5-6-19-38-27-15-12-23(13-16-27)25-14-17-28-26(21-25)11-10-24(31(28)34)9-7-22-8-18-30(29(33)20-22)39-32(35,36)37/h8,10-18,20-21H,2-7,9,19H2,1H3. The maximum absolute atomic E-state index is 15.3. The van der Waals surface area contributed by atoms with Gasteiger partial charge in [-0.2, -0.15) is 0 Å². The van der Waals surface area contributed by atoms with Gasteiger partial charge in [0.15, 0.2) is 11.6 Å². The highest BCUT2D eigenvalue weighted by molar-refractivity contribution is 5.88. The van der Waals surface area contributed by atoms with Gasteiger partial charge in [-0.15, -0.1) is 13.2 Å². The minimum absolute atomic E-state index is 0.261. The van der Waals surface area contributed by atoms with Crippen molar-refractivity contribution < 1.29 is 31.4 Å². The second-order valence-corrected chi connectivity index (χ2v) is 9.57. The molecule has 0 bridgehead atoms. The molecular formula is C32H31F5O2. The maximum Gasteiger partial charge on any atom is 0.573 e. The van der Waals surface area contributed by atoms with Crippen molar-refractivity contribution in [3.63, 3.8) is 0 Å². The molecule has 0 amide bonds. The molecule has 0 N–H and O–H groups in total. The monoisotopic (exact) mass is 542 g/mol. The Balaban J connectivity index is 1.39. The van der Waals surface area contributed by atoms with E-state index in [0.29, 0.717) is 23.1 Å². The van der Waals surface area contributed by atoms with Crippen LogP contribution in [0.2, 0.25) is 0 Å². The van der Waals surface area contributed by atoms with Gasteiger partial charge >= 0.3 is 6.36 Å². The minimum atomic E-state index is -4.97. The normalized spacial score (nSPS) is 11.6. The first-order chi connectivity index (χ1) is 18.7. The summed E-state index contributed by atoms with van der Waals surface area (Å²) < 4.78 is 75.8. The summed E-state index contributed by atoms with van der Waals surface area (Å²) in [6, 6.07) is 20.2. The molecule has 0 aliphatic heterocycles. The third-order valence-electron chi connectivity index (χ3n) is 6.64. The van der Waals surface area contributed by atoms with E-state index in [1.807, 2.05) is 42.5 Å². The summed E-state index contributed by atoms with van der Waals surface area (Å²) in [5, 5.41) is 1.22. The van der Waals surface area contributed by atoms with Crippen LogP contribution in [-0.4, -0.2) is 13.0 Å². The number of benzene rings is 4. The first-order valence-corrected chi connectivity index (χ1v) is 13.2. The molecule has 39 heavy (non-hydrogen) atoms. The Hall–Kier alpha value is -3.61. The number of halogens is 5. The van der Waals surface area contributed by atoms with Crippen LogP contribution in [0, 0.1) is 11.6 Å². The lowest BCUT2D eigenvalue weighted by Gasteiger charge is -2.11. The molecule has 0 fully saturated rings. The summed E-state index contributed by atoms with van der Waals surface area (Å²) >= 11 is 0. The van der Waals surface area contributed by atoms with E-state index < -0.39 is 17.9 Å². The maximum atomic E-state index is 15.3. The van der Waals surface area contributed by atoms with Gasteiger partial charge in [0.25, 0.3) is 0 Å². The molecule has 206 valence electrons. The molecule has 4 rings (SSSR count). The number of aryl methyl sites for hydroxylation is 2. The Morgan fingerprint density at radius 3 is 2.18 bits per heavy atom. The zero-order valence-corrected chi connectivity index (χ0v) is 21.8. The van der Waals surface area contributed by atoms with Crippen LogP contribution >= 0.6 is 0 Å². The van der Waals surface area contributed by atoms with E-state index in [1.54, 1.807) is 12.1 Å². The van der Waals surface area contributed by atoms with Crippen molar-refractivity contribution in [3.05, 3.63) is 95.6 Å². The summed E-state index contributed by atoms with van der Waals surface area (Å²) in [5.41, 5.74) is 2.84. The third kappa shape index (κ3) is 7.94. The Morgan fingerprint density at radius 2 is 1.46 bits per heavy atom. The van der Waals surface area contributed by atoms with Crippen molar-refractivity contribution in [2.45, 2.75) is 58.2 Å². The predicted molar refractivity (Wildman–Crippen MR) is 144 cm³/mol. The molecule has 0 saturated heterocycles. The van der Waals surface area contributed by atoms with E-state index in [4.69, 9.17) is 4.74 Å². The average molecular weight is 543 g/mol. The molecule has 0 aliphatic carbocycles. The van der Waals surface area contributed by atoms with Gasteiger partial charge in [-0.1, -0.05) is 75.1 Å². The highest BCUT2D eigenvalue weighted by atomic mass is 19.4. The molecule has 0 spiro atoms. The van der Waals surface area contributed by atoms with Crippen molar-refractivity contribution >= 4 is 10.8 Å². The fraction of sp³-hybridized carbons (Fsp3) is 0.312. The lowest BCUT2D eigenvalue weighted by molar-refractivity contribution is -0.275. The molecule has 0 heterocycles. The zero-order chi connectivity index (χ0) is 27.8. The molecule has 0 atom stereocenters. The molecule has 0 aliphatic rings. The predicted octanol–water partition coefficient (Wildman–Crippen LogP) is 9.82. The van der Waals surface area contributed by atoms with E-state index in [-0.39, 0.29) is 18.7 Å².